The predicted octanol–water partition coefficient (Wildman–Crippen LogP) is 2.82. The molecule has 0 aromatic heterocycles. The Morgan fingerprint density at radius 3 is 2.88 bits per heavy atom. The lowest BCUT2D eigenvalue weighted by atomic mass is 9.95. The molecule has 1 aromatic rings. The molecule has 2 rings (SSSR count). The zero-order chi connectivity index (χ0) is 11.4. The molecule has 0 saturated carbocycles. The van der Waals surface area contributed by atoms with E-state index in [-0.39, 0.29) is 0 Å². The van der Waals surface area contributed by atoms with E-state index >= 15 is 0 Å². The van der Waals surface area contributed by atoms with E-state index in [1.54, 1.807) is 0 Å². The average Bonchev–Trinajstić information content (AvgIpc) is 2.31. The van der Waals surface area contributed by atoms with Gasteiger partial charge in [-0.1, -0.05) is 29.8 Å². The number of benzene rings is 1. The second kappa shape index (κ2) is 5.46. The van der Waals surface area contributed by atoms with Crippen molar-refractivity contribution in [2.45, 2.75) is 38.3 Å². The van der Waals surface area contributed by atoms with Gasteiger partial charge in [-0.25, -0.2) is 0 Å². The Hall–Kier alpha value is -0.860. The maximum Gasteiger partial charge on any atom is 0.0769 e. The first-order valence-corrected chi connectivity index (χ1v) is 6.16. The Bertz CT molecular complexity index is 331. The Labute approximate surface area is 98.0 Å². The largest absolute Gasteiger partial charge is 0.376 e. The molecule has 2 unspecified atom stereocenters. The third kappa shape index (κ3) is 2.63. The Kier molecular flexibility index (Phi) is 3.97. The van der Waals surface area contributed by atoms with E-state index in [0.29, 0.717) is 12.1 Å². The molecular weight excluding hydrogens is 198 g/mol. The fourth-order valence-electron chi connectivity index (χ4n) is 2.46. The molecule has 1 aromatic carbocycles. The number of nitrogens with one attached hydrogen (secondary N) is 1. The Morgan fingerprint density at radius 1 is 1.38 bits per heavy atom. The van der Waals surface area contributed by atoms with E-state index in [9.17, 15) is 0 Å². The van der Waals surface area contributed by atoms with Crippen molar-refractivity contribution in [1.29, 1.82) is 0 Å². The van der Waals surface area contributed by atoms with Crippen LogP contribution in [0.3, 0.4) is 0 Å². The molecule has 1 N–H and O–H groups in total. The van der Waals surface area contributed by atoms with E-state index in [1.165, 1.54) is 30.4 Å². The van der Waals surface area contributed by atoms with Crippen LogP contribution in [0.4, 0.5) is 0 Å². The van der Waals surface area contributed by atoms with Crippen LogP contribution in [0.25, 0.3) is 0 Å². The molecule has 0 bridgehead atoms. The van der Waals surface area contributed by atoms with E-state index in [4.69, 9.17) is 4.74 Å². The first-order chi connectivity index (χ1) is 7.81. The van der Waals surface area contributed by atoms with Crippen molar-refractivity contribution in [2.75, 3.05) is 13.7 Å². The summed E-state index contributed by atoms with van der Waals surface area (Å²) in [5, 5.41) is 3.39. The van der Waals surface area contributed by atoms with Gasteiger partial charge >= 0.3 is 0 Å². The van der Waals surface area contributed by atoms with Crippen molar-refractivity contribution in [3.05, 3.63) is 35.4 Å². The first-order valence-electron chi connectivity index (χ1n) is 6.16. The molecule has 2 nitrogen and oxygen atoms in total. The van der Waals surface area contributed by atoms with Gasteiger partial charge in [0.25, 0.3) is 0 Å². The van der Waals surface area contributed by atoms with Crippen LogP contribution in [0.5, 0.6) is 0 Å². The molecular formula is C14H21NO. The van der Waals surface area contributed by atoms with Crippen LogP contribution in [-0.4, -0.2) is 19.8 Å². The van der Waals surface area contributed by atoms with Crippen molar-refractivity contribution in [3.63, 3.8) is 0 Å². The van der Waals surface area contributed by atoms with Crippen molar-refractivity contribution >= 4 is 0 Å². The smallest absolute Gasteiger partial charge is 0.0769 e. The number of rotatable bonds is 3. The van der Waals surface area contributed by atoms with Gasteiger partial charge in [-0.2, -0.15) is 0 Å². The second-order valence-corrected chi connectivity index (χ2v) is 4.59. The number of aryl methyl sites for hydroxylation is 1. The quantitative estimate of drug-likeness (QED) is 0.844. The van der Waals surface area contributed by atoms with Crippen molar-refractivity contribution < 1.29 is 4.74 Å². The molecule has 2 heteroatoms. The van der Waals surface area contributed by atoms with Gasteiger partial charge in [-0.15, -0.1) is 0 Å². The van der Waals surface area contributed by atoms with Gasteiger partial charge in [0.2, 0.25) is 0 Å². The zero-order valence-electron chi connectivity index (χ0n) is 10.2. The second-order valence-electron chi connectivity index (χ2n) is 4.59. The zero-order valence-corrected chi connectivity index (χ0v) is 10.2. The fraction of sp³-hybridized carbons (Fsp3) is 0.571. The van der Waals surface area contributed by atoms with Gasteiger partial charge in [0.1, 0.15) is 0 Å². The Morgan fingerprint density at radius 2 is 2.25 bits per heavy atom. The summed E-state index contributed by atoms with van der Waals surface area (Å²) in [5.41, 5.74) is 2.66. The minimum absolute atomic E-state index is 0.334. The highest BCUT2D eigenvalue weighted by atomic mass is 16.5. The molecule has 2 atom stereocenters. The van der Waals surface area contributed by atoms with E-state index < -0.39 is 0 Å². The number of likely N-dealkylation sites (N-methyl/N-ethyl adjacent to an activating group) is 1. The minimum atomic E-state index is 0.334. The lowest BCUT2D eigenvalue weighted by molar-refractivity contribution is -0.00662. The van der Waals surface area contributed by atoms with Gasteiger partial charge in [-0.3, -0.25) is 0 Å². The van der Waals surface area contributed by atoms with Crippen LogP contribution in [-0.2, 0) is 4.74 Å². The molecule has 0 aliphatic carbocycles. The summed E-state index contributed by atoms with van der Waals surface area (Å²) >= 11 is 0. The molecule has 0 radical (unpaired) electrons. The summed E-state index contributed by atoms with van der Waals surface area (Å²) < 4.78 is 5.86. The first kappa shape index (κ1) is 11.6. The molecule has 1 heterocycles. The third-order valence-electron chi connectivity index (χ3n) is 3.30. The average molecular weight is 219 g/mol. The van der Waals surface area contributed by atoms with Crippen LogP contribution in [0, 0.1) is 6.92 Å². The van der Waals surface area contributed by atoms with Crippen molar-refractivity contribution in [2.24, 2.45) is 0 Å². The van der Waals surface area contributed by atoms with Crippen LogP contribution in [0.2, 0.25) is 0 Å². The predicted molar refractivity (Wildman–Crippen MR) is 66.6 cm³/mol. The highest BCUT2D eigenvalue weighted by Gasteiger charge is 2.24. The number of hydrogen-bond donors (Lipinski definition) is 1. The normalized spacial score (nSPS) is 23.0. The van der Waals surface area contributed by atoms with Gasteiger partial charge < -0.3 is 10.1 Å². The monoisotopic (exact) mass is 219 g/mol. The minimum Gasteiger partial charge on any atom is -0.376 e. The van der Waals surface area contributed by atoms with Gasteiger partial charge in [-0.05, 0) is 38.8 Å². The van der Waals surface area contributed by atoms with Crippen LogP contribution in [0.15, 0.2) is 24.3 Å². The molecule has 1 fully saturated rings. The highest BCUT2D eigenvalue weighted by molar-refractivity contribution is 5.26. The van der Waals surface area contributed by atoms with Crippen LogP contribution < -0.4 is 5.32 Å². The molecule has 0 spiro atoms. The summed E-state index contributed by atoms with van der Waals surface area (Å²) in [6.07, 6.45) is 4.00. The molecule has 1 aliphatic heterocycles. The van der Waals surface area contributed by atoms with Crippen molar-refractivity contribution in [3.8, 4) is 0 Å². The summed E-state index contributed by atoms with van der Waals surface area (Å²) in [7, 11) is 2.02. The lowest BCUT2D eigenvalue weighted by Gasteiger charge is -2.30. The molecule has 1 saturated heterocycles. The highest BCUT2D eigenvalue weighted by Crippen LogP contribution is 2.26. The molecule has 16 heavy (non-hydrogen) atoms. The van der Waals surface area contributed by atoms with E-state index in [1.807, 2.05) is 7.05 Å². The summed E-state index contributed by atoms with van der Waals surface area (Å²) in [5.74, 6) is 0. The fourth-order valence-corrected chi connectivity index (χ4v) is 2.46. The molecule has 0 amide bonds. The molecule has 88 valence electrons. The van der Waals surface area contributed by atoms with Gasteiger partial charge in [0, 0.05) is 6.61 Å². The van der Waals surface area contributed by atoms with E-state index in [0.717, 1.165) is 6.61 Å². The molecule has 1 aliphatic rings. The lowest BCUT2D eigenvalue weighted by Crippen LogP contribution is -2.34. The maximum atomic E-state index is 5.86. The van der Waals surface area contributed by atoms with Gasteiger partial charge in [0.05, 0.1) is 12.1 Å². The SMILES string of the molecule is CNC(c1cccc(C)c1)C1CCCCO1. The third-order valence-corrected chi connectivity index (χ3v) is 3.30. The van der Waals surface area contributed by atoms with Gasteiger partial charge in [0.15, 0.2) is 0 Å². The number of ether oxygens (including phenoxy) is 1. The standard InChI is InChI=1S/C14H21NO/c1-11-6-5-7-12(10-11)14(15-2)13-8-3-4-9-16-13/h5-7,10,13-15H,3-4,8-9H2,1-2H3. The Balaban J connectivity index is 2.14. The maximum absolute atomic E-state index is 5.86. The summed E-state index contributed by atoms with van der Waals surface area (Å²) in [6.45, 7) is 3.05. The van der Waals surface area contributed by atoms with Crippen LogP contribution in [0.1, 0.15) is 36.4 Å². The summed E-state index contributed by atoms with van der Waals surface area (Å²) in [4.78, 5) is 0. The van der Waals surface area contributed by atoms with E-state index in [2.05, 4.69) is 36.5 Å². The number of hydrogen-bond acceptors (Lipinski definition) is 2. The summed E-state index contributed by atoms with van der Waals surface area (Å²) in [6, 6.07) is 9.03. The van der Waals surface area contributed by atoms with Crippen LogP contribution >= 0.6 is 0 Å². The van der Waals surface area contributed by atoms with Crippen molar-refractivity contribution in [1.82, 2.24) is 5.32 Å². The topological polar surface area (TPSA) is 21.3 Å².